The first-order valence-corrected chi connectivity index (χ1v) is 14.8. The third-order valence-electron chi connectivity index (χ3n) is 2.65. The minimum absolute atomic E-state index is 0.955. The van der Waals surface area contributed by atoms with E-state index in [1.54, 1.807) is 0 Å². The van der Waals surface area contributed by atoms with Crippen LogP contribution >= 0.6 is 0 Å². The maximum absolute atomic E-state index is 10.9. The SMILES string of the molecule is C[CH2][W]([CH3])([CH3])([N]=O)[C]1=CC=CC1. The summed E-state index contributed by atoms with van der Waals surface area (Å²) in [5, 5.41) is 4.23. The molecule has 0 radical (unpaired) electrons. The molecule has 1 aliphatic rings. The summed E-state index contributed by atoms with van der Waals surface area (Å²) >= 11 is -3.24. The molecule has 0 heterocycles. The monoisotopic (exact) mass is 338 g/mol. The normalized spacial score (nSPS) is 19.9. The number of allylic oxidation sites excluding steroid dienone is 4. The van der Waals surface area contributed by atoms with E-state index in [0.717, 1.165) is 11.2 Å². The van der Waals surface area contributed by atoms with Gasteiger partial charge >= 0.3 is 74.7 Å². The van der Waals surface area contributed by atoms with Crippen LogP contribution in [0.15, 0.2) is 25.9 Å². The Morgan fingerprint density at radius 3 is 2.58 bits per heavy atom. The summed E-state index contributed by atoms with van der Waals surface area (Å²) in [6.07, 6.45) is 7.19. The summed E-state index contributed by atoms with van der Waals surface area (Å²) < 4.78 is 4.83. The molecule has 0 aromatic carbocycles. The molecule has 0 spiro atoms. The molecule has 2 nitrogen and oxygen atoms in total. The Kier molecular flexibility index (Phi) is 2.40. The molecule has 3 heteroatoms. The first kappa shape index (κ1) is 9.85. The molecule has 12 heavy (non-hydrogen) atoms. The van der Waals surface area contributed by atoms with E-state index in [1.807, 2.05) is 6.08 Å². The molecule has 0 unspecified atom stereocenters. The van der Waals surface area contributed by atoms with E-state index < -0.39 is 15.1 Å². The van der Waals surface area contributed by atoms with Crippen LogP contribution < -0.4 is 0 Å². The molecule has 0 saturated heterocycles. The number of hydrogen-bond donors (Lipinski definition) is 0. The summed E-state index contributed by atoms with van der Waals surface area (Å²) in [4.78, 5) is 11.9. The average molecular weight is 338 g/mol. The number of nitrogens with zero attached hydrogens (tertiary/aromatic N) is 1. The molecular formula is C9H16NOW. The number of hydrogen-bond acceptors (Lipinski definition) is 2. The molecule has 0 N–H and O–H groups in total. The van der Waals surface area contributed by atoms with Crippen molar-refractivity contribution in [1.82, 2.24) is 0 Å². The number of rotatable bonds is 3. The van der Waals surface area contributed by atoms with Crippen LogP contribution in [-0.2, 0) is 15.1 Å². The summed E-state index contributed by atoms with van der Waals surface area (Å²) in [6, 6.07) is 0. The van der Waals surface area contributed by atoms with Gasteiger partial charge in [-0.15, -0.1) is 0 Å². The van der Waals surface area contributed by atoms with E-state index in [1.165, 1.54) is 3.96 Å². The Balaban J connectivity index is 3.03. The van der Waals surface area contributed by atoms with Crippen LogP contribution in [0.25, 0.3) is 0 Å². The van der Waals surface area contributed by atoms with Crippen molar-refractivity contribution >= 4 is 0 Å². The zero-order valence-corrected chi connectivity index (χ0v) is 10.8. The molecule has 69 valence electrons. The first-order chi connectivity index (χ1) is 5.52. The fraction of sp³-hybridized carbons (Fsp3) is 0.556. The summed E-state index contributed by atoms with van der Waals surface area (Å²) in [5.41, 5.74) is 0. The predicted molar refractivity (Wildman–Crippen MR) is 49.8 cm³/mol. The van der Waals surface area contributed by atoms with E-state index in [2.05, 4.69) is 33.4 Å². The zero-order chi connectivity index (χ0) is 9.27. The van der Waals surface area contributed by atoms with Gasteiger partial charge in [0.05, 0.1) is 0 Å². The quantitative estimate of drug-likeness (QED) is 0.721. The van der Waals surface area contributed by atoms with E-state index in [0.29, 0.717) is 0 Å². The van der Waals surface area contributed by atoms with Crippen LogP contribution in [0.1, 0.15) is 13.3 Å². The number of nitroso groups, excluding NO2 is 1. The van der Waals surface area contributed by atoms with Crippen molar-refractivity contribution in [2.45, 2.75) is 28.8 Å². The Morgan fingerprint density at radius 1 is 1.58 bits per heavy atom. The van der Waals surface area contributed by atoms with Crippen molar-refractivity contribution in [2.24, 2.45) is 3.74 Å². The van der Waals surface area contributed by atoms with E-state index in [-0.39, 0.29) is 0 Å². The average Bonchev–Trinajstić information content (AvgIpc) is 2.58. The van der Waals surface area contributed by atoms with Crippen LogP contribution in [0.5, 0.6) is 0 Å². The van der Waals surface area contributed by atoms with E-state index in [4.69, 9.17) is 0 Å². The van der Waals surface area contributed by atoms with Crippen molar-refractivity contribution < 1.29 is 15.1 Å². The minimum atomic E-state index is -3.24. The van der Waals surface area contributed by atoms with Gasteiger partial charge < -0.3 is 0 Å². The van der Waals surface area contributed by atoms with Crippen molar-refractivity contribution in [2.75, 3.05) is 0 Å². The topological polar surface area (TPSA) is 29.4 Å². The second-order valence-corrected chi connectivity index (χ2v) is 23.5. The van der Waals surface area contributed by atoms with Crippen molar-refractivity contribution in [3.8, 4) is 0 Å². The summed E-state index contributed by atoms with van der Waals surface area (Å²) in [6.45, 7) is 2.09. The molecule has 1 aliphatic carbocycles. The zero-order valence-electron chi connectivity index (χ0n) is 7.91. The van der Waals surface area contributed by atoms with Gasteiger partial charge in [0, 0.05) is 0 Å². The van der Waals surface area contributed by atoms with Crippen molar-refractivity contribution in [3.63, 3.8) is 0 Å². The van der Waals surface area contributed by atoms with Crippen molar-refractivity contribution in [1.29, 1.82) is 0 Å². The van der Waals surface area contributed by atoms with Crippen molar-refractivity contribution in [3.05, 3.63) is 27.1 Å². The van der Waals surface area contributed by atoms with Gasteiger partial charge in [0.2, 0.25) is 0 Å². The van der Waals surface area contributed by atoms with Gasteiger partial charge in [0.1, 0.15) is 0 Å². The van der Waals surface area contributed by atoms with Gasteiger partial charge in [0.25, 0.3) is 0 Å². The van der Waals surface area contributed by atoms with Crippen LogP contribution in [0.4, 0.5) is 0 Å². The molecule has 0 bridgehead atoms. The van der Waals surface area contributed by atoms with Gasteiger partial charge in [0.15, 0.2) is 0 Å². The fourth-order valence-corrected chi connectivity index (χ4v) is 7.30. The standard InChI is InChI=1S/C5H5.C2H5.2CH3.NO.W/c1-2-4-5-3-1;1-2;;;1-2;/h1-3H,4H2;1H2,2H3;2*1H3;;/q;;;;-1;+1. The molecule has 0 atom stereocenters. The van der Waals surface area contributed by atoms with Crippen LogP contribution in [0.3, 0.4) is 0 Å². The third kappa shape index (κ3) is 1.45. The fourth-order valence-electron chi connectivity index (χ4n) is 1.19. The second-order valence-electron chi connectivity index (χ2n) is 3.75. The molecular weight excluding hydrogens is 322 g/mol. The second kappa shape index (κ2) is 2.92. The first-order valence-electron chi connectivity index (χ1n) is 4.10. The Hall–Kier alpha value is -0.232. The Bertz CT molecular complexity index is 266. The van der Waals surface area contributed by atoms with Crippen LogP contribution in [0, 0.1) is 4.91 Å². The van der Waals surface area contributed by atoms with Gasteiger partial charge in [-0.2, -0.15) is 0 Å². The molecule has 0 aromatic heterocycles. The molecule has 0 amide bonds. The third-order valence-corrected chi connectivity index (χ3v) is 17.5. The van der Waals surface area contributed by atoms with Crippen LogP contribution in [0.2, 0.25) is 15.4 Å². The van der Waals surface area contributed by atoms with Gasteiger partial charge in [-0.05, 0) is 0 Å². The molecule has 0 fully saturated rings. The van der Waals surface area contributed by atoms with Crippen LogP contribution in [-0.4, -0.2) is 0 Å². The van der Waals surface area contributed by atoms with E-state index >= 15 is 0 Å². The maximum atomic E-state index is 10.9. The molecule has 0 aliphatic heterocycles. The summed E-state index contributed by atoms with van der Waals surface area (Å²) in [5.74, 6) is 0. The Labute approximate surface area is 74.9 Å². The molecule has 1 rings (SSSR count). The molecule has 0 saturated carbocycles. The van der Waals surface area contributed by atoms with Gasteiger partial charge in [-0.1, -0.05) is 0 Å². The van der Waals surface area contributed by atoms with Gasteiger partial charge in [-0.3, -0.25) is 0 Å². The van der Waals surface area contributed by atoms with Gasteiger partial charge in [-0.25, -0.2) is 0 Å². The van der Waals surface area contributed by atoms with E-state index in [9.17, 15) is 4.91 Å². The summed E-state index contributed by atoms with van der Waals surface area (Å²) in [7, 11) is 0. The molecule has 0 aromatic rings. The Morgan fingerprint density at radius 2 is 2.25 bits per heavy atom. The predicted octanol–water partition coefficient (Wildman–Crippen LogP) is 3.74.